The molecule has 1 aliphatic heterocycles. The van der Waals surface area contributed by atoms with E-state index in [1.54, 1.807) is 0 Å². The maximum atomic E-state index is 12.4. The fourth-order valence-electron chi connectivity index (χ4n) is 4.25. The third kappa shape index (κ3) is 2.40. The first-order valence-corrected chi connectivity index (χ1v) is 9.17. The van der Waals surface area contributed by atoms with Gasteiger partial charge in [-0.05, 0) is 44.3 Å². The topological polar surface area (TPSA) is 54.5 Å². The molecule has 5 rings (SSSR count). The molecule has 1 saturated heterocycles. The van der Waals surface area contributed by atoms with E-state index in [4.69, 9.17) is 0 Å². The fourth-order valence-corrected chi connectivity index (χ4v) is 4.25. The molecule has 0 aromatic heterocycles. The highest BCUT2D eigenvalue weighted by atomic mass is 16.2. The van der Waals surface area contributed by atoms with Crippen molar-refractivity contribution in [2.75, 3.05) is 0 Å². The Morgan fingerprint density at radius 2 is 1.44 bits per heavy atom. The first-order valence-electron chi connectivity index (χ1n) is 9.17. The molecule has 0 bridgehead atoms. The van der Waals surface area contributed by atoms with Gasteiger partial charge in [0.2, 0.25) is 17.7 Å². The number of amides is 3. The first kappa shape index (κ1) is 15.9. The molecule has 4 heteroatoms. The van der Waals surface area contributed by atoms with Crippen LogP contribution in [-0.2, 0) is 20.8 Å². The summed E-state index contributed by atoms with van der Waals surface area (Å²) in [6.45, 7) is 0. The van der Waals surface area contributed by atoms with Gasteiger partial charge in [0.25, 0.3) is 0 Å². The third-order valence-electron chi connectivity index (χ3n) is 5.50. The van der Waals surface area contributed by atoms with Crippen LogP contribution in [0.25, 0.3) is 32.3 Å². The van der Waals surface area contributed by atoms with Gasteiger partial charge in [0.05, 0.1) is 0 Å². The van der Waals surface area contributed by atoms with Crippen molar-refractivity contribution in [3.63, 3.8) is 0 Å². The van der Waals surface area contributed by atoms with E-state index in [-0.39, 0.29) is 31.1 Å². The quantitative estimate of drug-likeness (QED) is 0.409. The molecule has 0 saturated carbocycles. The van der Waals surface area contributed by atoms with Crippen molar-refractivity contribution in [3.8, 4) is 0 Å². The summed E-state index contributed by atoms with van der Waals surface area (Å²) in [4.78, 5) is 36.9. The van der Waals surface area contributed by atoms with Crippen molar-refractivity contribution < 1.29 is 14.4 Å². The van der Waals surface area contributed by atoms with Crippen molar-refractivity contribution in [1.29, 1.82) is 0 Å². The molecule has 1 aliphatic rings. The van der Waals surface area contributed by atoms with E-state index in [0.717, 1.165) is 21.2 Å². The van der Waals surface area contributed by atoms with Crippen molar-refractivity contribution in [2.45, 2.75) is 25.7 Å². The molecule has 4 aromatic rings. The summed E-state index contributed by atoms with van der Waals surface area (Å²) in [5.74, 6) is -1.15. The van der Waals surface area contributed by atoms with E-state index in [1.807, 2.05) is 12.1 Å². The Hall–Kier alpha value is -3.27. The molecule has 0 spiro atoms. The number of imide groups is 3. The van der Waals surface area contributed by atoms with Crippen LogP contribution in [0.3, 0.4) is 0 Å². The normalized spacial score (nSPS) is 14.9. The van der Waals surface area contributed by atoms with Gasteiger partial charge in [-0.3, -0.25) is 14.4 Å². The van der Waals surface area contributed by atoms with Crippen LogP contribution in [0.5, 0.6) is 0 Å². The molecule has 0 N–H and O–H groups in total. The molecule has 4 aromatic carbocycles. The molecule has 27 heavy (non-hydrogen) atoms. The van der Waals surface area contributed by atoms with Gasteiger partial charge in [-0.1, -0.05) is 54.6 Å². The zero-order chi connectivity index (χ0) is 18.5. The van der Waals surface area contributed by atoms with E-state index < -0.39 is 5.91 Å². The number of rotatable bonds is 3. The second-order valence-electron chi connectivity index (χ2n) is 7.10. The molecule has 0 radical (unpaired) electrons. The van der Waals surface area contributed by atoms with Crippen molar-refractivity contribution in [1.82, 2.24) is 4.90 Å². The molecule has 1 heterocycles. The Morgan fingerprint density at radius 3 is 2.19 bits per heavy atom. The molecule has 0 atom stereocenters. The minimum Gasteiger partial charge on any atom is -0.274 e. The van der Waals surface area contributed by atoms with Crippen LogP contribution in [-0.4, -0.2) is 22.6 Å². The molecule has 132 valence electrons. The minimum atomic E-state index is -0.396. The molecule has 1 fully saturated rings. The van der Waals surface area contributed by atoms with Gasteiger partial charge in [0.1, 0.15) is 0 Å². The van der Waals surface area contributed by atoms with Crippen LogP contribution < -0.4 is 0 Å². The lowest BCUT2D eigenvalue weighted by Gasteiger charge is -2.15. The Balaban J connectivity index is 1.58. The Morgan fingerprint density at radius 1 is 0.815 bits per heavy atom. The Bertz CT molecular complexity index is 1220. The van der Waals surface area contributed by atoms with Gasteiger partial charge in [-0.25, -0.2) is 4.90 Å². The van der Waals surface area contributed by atoms with Crippen molar-refractivity contribution in [2.24, 2.45) is 0 Å². The highest BCUT2D eigenvalue weighted by Gasteiger charge is 2.33. The van der Waals surface area contributed by atoms with Crippen LogP contribution >= 0.6 is 0 Å². The van der Waals surface area contributed by atoms with E-state index in [0.29, 0.717) is 6.42 Å². The molecule has 3 amide bonds. The summed E-state index contributed by atoms with van der Waals surface area (Å²) < 4.78 is 0. The van der Waals surface area contributed by atoms with Crippen LogP contribution in [0.2, 0.25) is 0 Å². The van der Waals surface area contributed by atoms with Crippen LogP contribution in [0.15, 0.2) is 54.6 Å². The molecular weight excluding hydrogens is 338 g/mol. The number of aryl methyl sites for hydroxylation is 1. The van der Waals surface area contributed by atoms with Gasteiger partial charge in [-0.15, -0.1) is 0 Å². The van der Waals surface area contributed by atoms with Gasteiger partial charge < -0.3 is 0 Å². The Kier molecular flexibility index (Phi) is 3.47. The van der Waals surface area contributed by atoms with E-state index in [9.17, 15) is 14.4 Å². The summed E-state index contributed by atoms with van der Waals surface area (Å²) in [6, 6.07) is 18.8. The second-order valence-corrected chi connectivity index (χ2v) is 7.10. The van der Waals surface area contributed by atoms with Crippen molar-refractivity contribution >= 4 is 50.0 Å². The Labute approximate surface area is 155 Å². The highest BCUT2D eigenvalue weighted by molar-refractivity contribution is 6.23. The number of carbonyl (C=O) groups is 3. The maximum Gasteiger partial charge on any atom is 0.236 e. The standard InChI is InChI=1S/C23H17NO3/c25-19(24-20(26)11-12-21(24)27)10-9-16-13-17-5-1-3-14-7-8-15-4-2-6-18(16)23(15)22(14)17/h1-8,13H,9-12H2. The van der Waals surface area contributed by atoms with Crippen LogP contribution in [0.4, 0.5) is 0 Å². The average molecular weight is 355 g/mol. The van der Waals surface area contributed by atoms with Crippen LogP contribution in [0, 0.1) is 0 Å². The molecule has 0 unspecified atom stereocenters. The van der Waals surface area contributed by atoms with E-state index in [1.165, 1.54) is 21.5 Å². The molecular formula is C23H17NO3. The fraction of sp³-hybridized carbons (Fsp3) is 0.174. The SMILES string of the molecule is O=C1CCC(=O)N1C(=O)CCc1cc2cccc3ccc4cccc1c4c32. The summed E-state index contributed by atoms with van der Waals surface area (Å²) in [5.41, 5.74) is 1.07. The van der Waals surface area contributed by atoms with Gasteiger partial charge in [-0.2, -0.15) is 0 Å². The monoisotopic (exact) mass is 355 g/mol. The summed E-state index contributed by atoms with van der Waals surface area (Å²) >= 11 is 0. The maximum absolute atomic E-state index is 12.4. The smallest absolute Gasteiger partial charge is 0.236 e. The summed E-state index contributed by atoms with van der Waals surface area (Å²) in [5, 5.41) is 7.10. The lowest BCUT2D eigenvalue weighted by molar-refractivity contribution is -0.149. The zero-order valence-electron chi connectivity index (χ0n) is 14.7. The zero-order valence-corrected chi connectivity index (χ0v) is 14.7. The molecule has 4 nitrogen and oxygen atoms in total. The average Bonchev–Trinajstić information content (AvgIpc) is 3.02. The largest absolute Gasteiger partial charge is 0.274 e. The number of hydrogen-bond donors (Lipinski definition) is 0. The lowest BCUT2D eigenvalue weighted by atomic mass is 9.90. The first-order chi connectivity index (χ1) is 13.1. The third-order valence-corrected chi connectivity index (χ3v) is 5.50. The van der Waals surface area contributed by atoms with Crippen LogP contribution in [0.1, 0.15) is 24.8 Å². The van der Waals surface area contributed by atoms with Gasteiger partial charge in [0.15, 0.2) is 0 Å². The summed E-state index contributed by atoms with van der Waals surface area (Å²) in [6.07, 6.45) is 0.932. The van der Waals surface area contributed by atoms with E-state index in [2.05, 4.69) is 42.5 Å². The number of carbonyl (C=O) groups excluding carboxylic acids is 3. The van der Waals surface area contributed by atoms with Gasteiger partial charge >= 0.3 is 0 Å². The number of hydrogen-bond acceptors (Lipinski definition) is 3. The number of benzene rings is 4. The molecule has 0 aliphatic carbocycles. The minimum absolute atomic E-state index is 0.141. The predicted molar refractivity (Wildman–Crippen MR) is 105 cm³/mol. The van der Waals surface area contributed by atoms with Gasteiger partial charge in [0, 0.05) is 19.3 Å². The second kappa shape index (κ2) is 5.88. The summed E-state index contributed by atoms with van der Waals surface area (Å²) in [7, 11) is 0. The lowest BCUT2D eigenvalue weighted by Crippen LogP contribution is -2.35. The number of likely N-dealkylation sites (tertiary alicyclic amines) is 1. The predicted octanol–water partition coefficient (Wildman–Crippen LogP) is 4.19. The number of nitrogens with zero attached hydrogens (tertiary/aromatic N) is 1. The van der Waals surface area contributed by atoms with E-state index >= 15 is 0 Å². The van der Waals surface area contributed by atoms with Crippen molar-refractivity contribution in [3.05, 3.63) is 60.2 Å². The highest BCUT2D eigenvalue weighted by Crippen LogP contribution is 2.36.